The standard InChI is InChI=1S/C9H7ClO2/c10-7-1-2-8-6(5-7)3-4-12-9(8)11/h1-2,5H,3-4H2. The summed E-state index contributed by atoms with van der Waals surface area (Å²) in [5.74, 6) is -0.243. The summed E-state index contributed by atoms with van der Waals surface area (Å²) in [6.45, 7) is 0.464. The zero-order valence-electron chi connectivity index (χ0n) is 6.34. The fourth-order valence-corrected chi connectivity index (χ4v) is 1.49. The van der Waals surface area contributed by atoms with Gasteiger partial charge in [0.15, 0.2) is 0 Å². The molecule has 0 amide bonds. The van der Waals surface area contributed by atoms with Crippen molar-refractivity contribution in [1.29, 1.82) is 0 Å². The number of hydrogen-bond donors (Lipinski definition) is 0. The third kappa shape index (κ3) is 1.18. The van der Waals surface area contributed by atoms with Crippen LogP contribution in [0.1, 0.15) is 15.9 Å². The monoisotopic (exact) mass is 182 g/mol. The summed E-state index contributed by atoms with van der Waals surface area (Å²) in [4.78, 5) is 11.1. The lowest BCUT2D eigenvalue weighted by atomic mass is 10.0. The average Bonchev–Trinajstić information content (AvgIpc) is 2.04. The van der Waals surface area contributed by atoms with Crippen LogP contribution >= 0.6 is 11.6 Å². The van der Waals surface area contributed by atoms with E-state index < -0.39 is 0 Å². The van der Waals surface area contributed by atoms with Gasteiger partial charge >= 0.3 is 5.97 Å². The Labute approximate surface area is 75.1 Å². The van der Waals surface area contributed by atoms with Crippen LogP contribution in [0.15, 0.2) is 18.2 Å². The van der Waals surface area contributed by atoms with E-state index in [9.17, 15) is 4.79 Å². The topological polar surface area (TPSA) is 26.3 Å². The summed E-state index contributed by atoms with van der Waals surface area (Å²) in [6, 6.07) is 5.23. The van der Waals surface area contributed by atoms with Gasteiger partial charge in [0, 0.05) is 11.4 Å². The molecule has 0 unspecified atom stereocenters. The Morgan fingerprint density at radius 3 is 3.08 bits per heavy atom. The smallest absolute Gasteiger partial charge is 0.338 e. The van der Waals surface area contributed by atoms with Gasteiger partial charge in [-0.05, 0) is 23.8 Å². The second-order valence-electron chi connectivity index (χ2n) is 2.69. The zero-order chi connectivity index (χ0) is 8.55. The number of ether oxygens (including phenoxy) is 1. The van der Waals surface area contributed by atoms with E-state index in [2.05, 4.69) is 0 Å². The number of fused-ring (bicyclic) bond motifs is 1. The number of carbonyl (C=O) groups excluding carboxylic acids is 1. The summed E-state index contributed by atoms with van der Waals surface area (Å²) >= 11 is 5.77. The Hall–Kier alpha value is -1.02. The molecule has 12 heavy (non-hydrogen) atoms. The van der Waals surface area contributed by atoms with Gasteiger partial charge in [-0.25, -0.2) is 4.79 Å². The highest BCUT2D eigenvalue weighted by atomic mass is 35.5. The van der Waals surface area contributed by atoms with Crippen molar-refractivity contribution in [3.63, 3.8) is 0 Å². The van der Waals surface area contributed by atoms with Crippen LogP contribution in [-0.4, -0.2) is 12.6 Å². The van der Waals surface area contributed by atoms with Gasteiger partial charge in [0.2, 0.25) is 0 Å². The number of hydrogen-bond acceptors (Lipinski definition) is 2. The number of cyclic esters (lactones) is 1. The maximum Gasteiger partial charge on any atom is 0.338 e. The minimum absolute atomic E-state index is 0.243. The lowest BCUT2D eigenvalue weighted by molar-refractivity contribution is 0.0480. The van der Waals surface area contributed by atoms with Gasteiger partial charge in [-0.2, -0.15) is 0 Å². The maximum absolute atomic E-state index is 11.1. The Balaban J connectivity index is 2.53. The minimum Gasteiger partial charge on any atom is -0.462 e. The molecule has 1 aromatic carbocycles. The molecule has 1 aliphatic rings. The minimum atomic E-state index is -0.243. The number of esters is 1. The van der Waals surface area contributed by atoms with Crippen LogP contribution in [-0.2, 0) is 11.2 Å². The Morgan fingerprint density at radius 1 is 1.42 bits per heavy atom. The first-order chi connectivity index (χ1) is 5.77. The highest BCUT2D eigenvalue weighted by Crippen LogP contribution is 2.20. The second kappa shape index (κ2) is 2.79. The number of benzene rings is 1. The van der Waals surface area contributed by atoms with Crippen molar-refractivity contribution in [3.8, 4) is 0 Å². The van der Waals surface area contributed by atoms with Crippen molar-refractivity contribution in [2.24, 2.45) is 0 Å². The van der Waals surface area contributed by atoms with Crippen LogP contribution in [0.25, 0.3) is 0 Å². The van der Waals surface area contributed by atoms with Crippen molar-refractivity contribution in [2.75, 3.05) is 6.61 Å². The Kier molecular flexibility index (Phi) is 1.77. The summed E-state index contributed by atoms with van der Waals surface area (Å²) in [5.41, 5.74) is 1.63. The van der Waals surface area contributed by atoms with Crippen LogP contribution < -0.4 is 0 Å². The molecule has 2 nitrogen and oxygen atoms in total. The van der Waals surface area contributed by atoms with Crippen LogP contribution in [0.4, 0.5) is 0 Å². The third-order valence-electron chi connectivity index (χ3n) is 1.89. The molecule has 0 saturated heterocycles. The number of carbonyl (C=O) groups is 1. The van der Waals surface area contributed by atoms with Crippen LogP contribution in [0.3, 0.4) is 0 Å². The van der Waals surface area contributed by atoms with E-state index in [1.54, 1.807) is 12.1 Å². The van der Waals surface area contributed by atoms with Crippen LogP contribution in [0.5, 0.6) is 0 Å². The molecule has 0 aliphatic carbocycles. The fourth-order valence-electron chi connectivity index (χ4n) is 1.30. The quantitative estimate of drug-likeness (QED) is 0.574. The van der Waals surface area contributed by atoms with Crippen LogP contribution in [0.2, 0.25) is 5.02 Å². The summed E-state index contributed by atoms with van der Waals surface area (Å²) in [7, 11) is 0. The van der Waals surface area contributed by atoms with Crippen molar-refractivity contribution in [3.05, 3.63) is 34.3 Å². The molecule has 1 aliphatic heterocycles. The average molecular weight is 183 g/mol. The summed E-state index contributed by atoms with van der Waals surface area (Å²) < 4.78 is 4.86. The molecule has 1 aromatic rings. The Bertz CT molecular complexity index is 333. The van der Waals surface area contributed by atoms with E-state index in [0.29, 0.717) is 17.2 Å². The Morgan fingerprint density at radius 2 is 2.25 bits per heavy atom. The lowest BCUT2D eigenvalue weighted by Gasteiger charge is -2.14. The number of halogens is 1. The van der Waals surface area contributed by atoms with E-state index in [1.165, 1.54) is 0 Å². The normalized spacial score (nSPS) is 15.2. The maximum atomic E-state index is 11.1. The molecule has 0 spiro atoms. The SMILES string of the molecule is O=C1OCCc2cc(Cl)ccc21. The summed E-state index contributed by atoms with van der Waals surface area (Å²) in [5, 5.41) is 0.670. The number of rotatable bonds is 0. The largest absolute Gasteiger partial charge is 0.462 e. The zero-order valence-corrected chi connectivity index (χ0v) is 7.10. The highest BCUT2D eigenvalue weighted by molar-refractivity contribution is 6.30. The van der Waals surface area contributed by atoms with Gasteiger partial charge in [-0.15, -0.1) is 0 Å². The lowest BCUT2D eigenvalue weighted by Crippen LogP contribution is -2.17. The molecule has 0 fully saturated rings. The predicted octanol–water partition coefficient (Wildman–Crippen LogP) is 2.05. The van der Waals surface area contributed by atoms with Gasteiger partial charge < -0.3 is 4.74 Å². The molecule has 62 valence electrons. The van der Waals surface area contributed by atoms with Crippen molar-refractivity contribution in [2.45, 2.75) is 6.42 Å². The molecule has 1 heterocycles. The van der Waals surface area contributed by atoms with E-state index >= 15 is 0 Å². The molecule has 3 heteroatoms. The van der Waals surface area contributed by atoms with Crippen molar-refractivity contribution < 1.29 is 9.53 Å². The molecule has 0 aromatic heterocycles. The van der Waals surface area contributed by atoms with Gasteiger partial charge in [-0.1, -0.05) is 11.6 Å². The van der Waals surface area contributed by atoms with Gasteiger partial charge in [0.05, 0.1) is 12.2 Å². The molecule has 0 radical (unpaired) electrons. The van der Waals surface area contributed by atoms with E-state index in [-0.39, 0.29) is 5.97 Å². The van der Waals surface area contributed by atoms with E-state index in [1.807, 2.05) is 6.07 Å². The molecular formula is C9H7ClO2. The molecule has 0 atom stereocenters. The first kappa shape index (κ1) is 7.62. The second-order valence-corrected chi connectivity index (χ2v) is 3.12. The summed E-state index contributed by atoms with van der Waals surface area (Å²) in [6.07, 6.45) is 0.766. The van der Waals surface area contributed by atoms with Gasteiger partial charge in [0.1, 0.15) is 0 Å². The first-order valence-corrected chi connectivity index (χ1v) is 4.11. The van der Waals surface area contributed by atoms with E-state index in [4.69, 9.17) is 16.3 Å². The molecular weight excluding hydrogens is 176 g/mol. The highest BCUT2D eigenvalue weighted by Gasteiger charge is 2.17. The first-order valence-electron chi connectivity index (χ1n) is 3.73. The van der Waals surface area contributed by atoms with E-state index in [0.717, 1.165) is 12.0 Å². The van der Waals surface area contributed by atoms with Gasteiger partial charge in [0.25, 0.3) is 0 Å². The molecule has 0 bridgehead atoms. The molecule has 0 saturated carbocycles. The molecule has 0 N–H and O–H groups in total. The van der Waals surface area contributed by atoms with Gasteiger partial charge in [-0.3, -0.25) is 0 Å². The fraction of sp³-hybridized carbons (Fsp3) is 0.222. The molecule has 2 rings (SSSR count). The third-order valence-corrected chi connectivity index (χ3v) is 2.13. The van der Waals surface area contributed by atoms with Crippen molar-refractivity contribution in [1.82, 2.24) is 0 Å². The van der Waals surface area contributed by atoms with Crippen LogP contribution in [0, 0.1) is 0 Å². The predicted molar refractivity (Wildman–Crippen MR) is 45.4 cm³/mol. The van der Waals surface area contributed by atoms with Crippen molar-refractivity contribution >= 4 is 17.6 Å².